The standard InChI is InChI=1S/C10H10F2O2/c1-14-9-6-8(11)5-7(10(9)12)3-2-4-13/h4-6H,2-3H2,1H3. The van der Waals surface area contributed by atoms with Crippen molar-refractivity contribution in [3.8, 4) is 5.75 Å². The third kappa shape index (κ3) is 2.28. The molecule has 0 bridgehead atoms. The van der Waals surface area contributed by atoms with E-state index in [0.717, 1.165) is 12.1 Å². The van der Waals surface area contributed by atoms with Gasteiger partial charge in [0.1, 0.15) is 12.1 Å². The summed E-state index contributed by atoms with van der Waals surface area (Å²) in [6.45, 7) is 0. The summed E-state index contributed by atoms with van der Waals surface area (Å²) in [6, 6.07) is 2.04. The zero-order chi connectivity index (χ0) is 10.6. The number of halogens is 2. The van der Waals surface area contributed by atoms with Crippen LogP contribution in [0.3, 0.4) is 0 Å². The highest BCUT2D eigenvalue weighted by molar-refractivity contribution is 5.50. The van der Waals surface area contributed by atoms with E-state index < -0.39 is 11.6 Å². The summed E-state index contributed by atoms with van der Waals surface area (Å²) in [7, 11) is 1.27. The van der Waals surface area contributed by atoms with Crippen LogP contribution in [0.15, 0.2) is 12.1 Å². The molecular formula is C10H10F2O2. The van der Waals surface area contributed by atoms with Crippen LogP contribution in [-0.4, -0.2) is 13.4 Å². The lowest BCUT2D eigenvalue weighted by Crippen LogP contribution is -1.97. The minimum atomic E-state index is -0.601. The second-order valence-electron chi connectivity index (χ2n) is 2.79. The van der Waals surface area contributed by atoms with Gasteiger partial charge in [0.05, 0.1) is 7.11 Å². The lowest BCUT2D eigenvalue weighted by atomic mass is 10.1. The maximum absolute atomic E-state index is 13.4. The highest BCUT2D eigenvalue weighted by Gasteiger charge is 2.10. The van der Waals surface area contributed by atoms with Gasteiger partial charge in [-0.3, -0.25) is 0 Å². The summed E-state index contributed by atoms with van der Waals surface area (Å²) in [4.78, 5) is 10.1. The molecule has 0 fully saturated rings. The highest BCUT2D eigenvalue weighted by atomic mass is 19.1. The van der Waals surface area contributed by atoms with Gasteiger partial charge in [0.15, 0.2) is 11.6 Å². The Morgan fingerprint density at radius 2 is 2.14 bits per heavy atom. The molecule has 1 aromatic rings. The Morgan fingerprint density at radius 1 is 1.43 bits per heavy atom. The van der Waals surface area contributed by atoms with E-state index in [2.05, 4.69) is 4.74 Å². The van der Waals surface area contributed by atoms with Gasteiger partial charge >= 0.3 is 0 Å². The molecule has 76 valence electrons. The molecule has 2 nitrogen and oxygen atoms in total. The number of carbonyl (C=O) groups excluding carboxylic acids is 1. The summed E-state index contributed by atoms with van der Waals surface area (Å²) in [5.41, 5.74) is 0.161. The molecule has 0 aliphatic carbocycles. The molecule has 0 saturated heterocycles. The Kier molecular flexibility index (Phi) is 3.56. The highest BCUT2D eigenvalue weighted by Crippen LogP contribution is 2.22. The number of aldehydes is 1. The van der Waals surface area contributed by atoms with Gasteiger partial charge in [-0.2, -0.15) is 0 Å². The van der Waals surface area contributed by atoms with Crippen molar-refractivity contribution in [1.82, 2.24) is 0 Å². The van der Waals surface area contributed by atoms with Crippen molar-refractivity contribution in [3.05, 3.63) is 29.3 Å². The van der Waals surface area contributed by atoms with E-state index in [4.69, 9.17) is 0 Å². The Bertz CT molecular complexity index is 337. The number of methoxy groups -OCH3 is 1. The average Bonchev–Trinajstić information content (AvgIpc) is 2.18. The van der Waals surface area contributed by atoms with Gasteiger partial charge in [-0.1, -0.05) is 0 Å². The van der Waals surface area contributed by atoms with Crippen molar-refractivity contribution in [2.24, 2.45) is 0 Å². The Balaban J connectivity index is 3.02. The molecule has 0 saturated carbocycles. The first-order valence-electron chi connectivity index (χ1n) is 4.14. The molecule has 0 atom stereocenters. The number of aryl methyl sites for hydroxylation is 1. The molecule has 1 rings (SSSR count). The topological polar surface area (TPSA) is 26.3 Å². The molecule has 0 heterocycles. The average molecular weight is 200 g/mol. The van der Waals surface area contributed by atoms with Gasteiger partial charge in [-0.05, 0) is 18.1 Å². The van der Waals surface area contributed by atoms with Crippen LogP contribution in [0.1, 0.15) is 12.0 Å². The summed E-state index contributed by atoms with van der Waals surface area (Å²) < 4.78 is 30.9. The zero-order valence-electron chi connectivity index (χ0n) is 7.72. The second-order valence-corrected chi connectivity index (χ2v) is 2.79. The third-order valence-electron chi connectivity index (χ3n) is 1.83. The summed E-state index contributed by atoms with van der Waals surface area (Å²) in [5.74, 6) is -1.30. The van der Waals surface area contributed by atoms with Crippen LogP contribution in [-0.2, 0) is 11.2 Å². The van der Waals surface area contributed by atoms with E-state index >= 15 is 0 Å². The molecule has 0 aliphatic heterocycles. The third-order valence-corrected chi connectivity index (χ3v) is 1.83. The number of benzene rings is 1. The lowest BCUT2D eigenvalue weighted by molar-refractivity contribution is -0.107. The molecule has 0 aromatic heterocycles. The van der Waals surface area contributed by atoms with Crippen LogP contribution in [0.5, 0.6) is 5.75 Å². The number of ether oxygens (including phenoxy) is 1. The van der Waals surface area contributed by atoms with Crippen LogP contribution < -0.4 is 4.74 Å². The maximum Gasteiger partial charge on any atom is 0.168 e. The first-order valence-corrected chi connectivity index (χ1v) is 4.14. The van der Waals surface area contributed by atoms with Crippen LogP contribution in [0.25, 0.3) is 0 Å². The van der Waals surface area contributed by atoms with Crippen LogP contribution in [0, 0.1) is 11.6 Å². The predicted octanol–water partition coefficient (Wildman–Crippen LogP) is 2.10. The Labute approximate surface area is 80.5 Å². The fraction of sp³-hybridized carbons (Fsp3) is 0.300. The molecule has 0 aliphatic rings. The van der Waals surface area contributed by atoms with E-state index in [-0.39, 0.29) is 24.2 Å². The predicted molar refractivity (Wildman–Crippen MR) is 47.3 cm³/mol. The molecule has 0 unspecified atom stereocenters. The van der Waals surface area contributed by atoms with E-state index in [9.17, 15) is 13.6 Å². The van der Waals surface area contributed by atoms with Crippen molar-refractivity contribution in [1.29, 1.82) is 0 Å². The minimum absolute atomic E-state index is 0.133. The first kappa shape index (κ1) is 10.6. The zero-order valence-corrected chi connectivity index (χ0v) is 7.72. The smallest absolute Gasteiger partial charge is 0.168 e. The van der Waals surface area contributed by atoms with Crippen molar-refractivity contribution < 1.29 is 18.3 Å². The lowest BCUT2D eigenvalue weighted by Gasteiger charge is -2.06. The normalized spacial score (nSPS) is 9.93. The molecule has 0 radical (unpaired) electrons. The molecular weight excluding hydrogens is 190 g/mol. The largest absolute Gasteiger partial charge is 0.494 e. The van der Waals surface area contributed by atoms with E-state index in [1.54, 1.807) is 0 Å². The Hall–Kier alpha value is -1.45. The SMILES string of the molecule is COc1cc(F)cc(CCC=O)c1F. The van der Waals surface area contributed by atoms with Crippen LogP contribution in [0.4, 0.5) is 8.78 Å². The quantitative estimate of drug-likeness (QED) is 0.696. The molecule has 14 heavy (non-hydrogen) atoms. The van der Waals surface area contributed by atoms with Gasteiger partial charge in [-0.25, -0.2) is 8.78 Å². The summed E-state index contributed by atoms with van der Waals surface area (Å²) in [5, 5.41) is 0. The molecule has 0 amide bonds. The summed E-state index contributed by atoms with van der Waals surface area (Å²) >= 11 is 0. The number of rotatable bonds is 4. The van der Waals surface area contributed by atoms with Gasteiger partial charge in [0.25, 0.3) is 0 Å². The van der Waals surface area contributed by atoms with E-state index in [1.807, 2.05) is 0 Å². The van der Waals surface area contributed by atoms with Crippen molar-refractivity contribution >= 4 is 6.29 Å². The van der Waals surface area contributed by atoms with E-state index in [1.165, 1.54) is 7.11 Å². The molecule has 0 spiro atoms. The van der Waals surface area contributed by atoms with Gasteiger partial charge in [0, 0.05) is 12.5 Å². The number of carbonyl (C=O) groups is 1. The van der Waals surface area contributed by atoms with Crippen LogP contribution in [0.2, 0.25) is 0 Å². The van der Waals surface area contributed by atoms with Crippen LogP contribution >= 0.6 is 0 Å². The first-order chi connectivity index (χ1) is 6.69. The minimum Gasteiger partial charge on any atom is -0.494 e. The maximum atomic E-state index is 13.4. The monoisotopic (exact) mass is 200 g/mol. The van der Waals surface area contributed by atoms with Gasteiger partial charge < -0.3 is 9.53 Å². The van der Waals surface area contributed by atoms with E-state index in [0.29, 0.717) is 6.29 Å². The van der Waals surface area contributed by atoms with Gasteiger partial charge in [0.2, 0.25) is 0 Å². The van der Waals surface area contributed by atoms with Gasteiger partial charge in [-0.15, -0.1) is 0 Å². The Morgan fingerprint density at radius 3 is 2.71 bits per heavy atom. The van der Waals surface area contributed by atoms with Crippen molar-refractivity contribution in [3.63, 3.8) is 0 Å². The fourth-order valence-electron chi connectivity index (χ4n) is 1.16. The second kappa shape index (κ2) is 4.69. The van der Waals surface area contributed by atoms with Crippen molar-refractivity contribution in [2.75, 3.05) is 7.11 Å². The fourth-order valence-corrected chi connectivity index (χ4v) is 1.16. The number of hydrogen-bond donors (Lipinski definition) is 0. The molecule has 0 N–H and O–H groups in total. The summed E-state index contributed by atoms with van der Waals surface area (Å²) in [6.07, 6.45) is 1.02. The van der Waals surface area contributed by atoms with Crippen molar-refractivity contribution in [2.45, 2.75) is 12.8 Å². The molecule has 4 heteroatoms. The number of hydrogen-bond acceptors (Lipinski definition) is 2. The molecule has 1 aromatic carbocycles.